The minimum Gasteiger partial charge on any atom is -0.483 e. The lowest BCUT2D eigenvalue weighted by Gasteiger charge is -2.31. The molecule has 0 amide bonds. The summed E-state index contributed by atoms with van der Waals surface area (Å²) >= 11 is 0. The predicted octanol–water partition coefficient (Wildman–Crippen LogP) is 4.84. The number of para-hydroxylation sites is 1. The van der Waals surface area contributed by atoms with Gasteiger partial charge in [0.2, 0.25) is 0 Å². The maximum Gasteiger partial charge on any atom is 0.290 e. The molecule has 1 aromatic rings. The highest BCUT2D eigenvalue weighted by Gasteiger charge is 2.19. The summed E-state index contributed by atoms with van der Waals surface area (Å²) in [6.07, 6.45) is 13.3. The van der Waals surface area contributed by atoms with E-state index in [0.717, 1.165) is 36.7 Å². The van der Waals surface area contributed by atoms with Gasteiger partial charge >= 0.3 is 0 Å². The summed E-state index contributed by atoms with van der Waals surface area (Å²) in [4.78, 5) is 10.8. The van der Waals surface area contributed by atoms with Gasteiger partial charge in [0.25, 0.3) is 6.47 Å². The van der Waals surface area contributed by atoms with Crippen LogP contribution in [0.25, 0.3) is 0 Å². The Morgan fingerprint density at radius 2 is 1.80 bits per heavy atom. The van der Waals surface area contributed by atoms with Crippen molar-refractivity contribution in [3.8, 4) is 18.1 Å². The summed E-state index contributed by atoms with van der Waals surface area (Å²) in [7, 11) is -0.950. The molecule has 0 spiro atoms. The Morgan fingerprint density at radius 3 is 2.27 bits per heavy atom. The van der Waals surface area contributed by atoms with Gasteiger partial charge < -0.3 is 14.7 Å². The van der Waals surface area contributed by atoms with Crippen LogP contribution in [0.15, 0.2) is 53.4 Å². The van der Waals surface area contributed by atoms with Crippen LogP contribution < -0.4 is 4.74 Å². The fraction of sp³-hybridized carbons (Fsp3) is 0.458. The van der Waals surface area contributed by atoms with Crippen LogP contribution in [0.2, 0.25) is 0 Å². The lowest BCUT2D eigenvalue weighted by atomic mass is 10.1. The molecule has 166 valence electrons. The average molecular weight is 434 g/mol. The van der Waals surface area contributed by atoms with Crippen LogP contribution in [0.5, 0.6) is 5.75 Å². The molecule has 1 aromatic carbocycles. The first kappa shape index (κ1) is 27.5. The van der Waals surface area contributed by atoms with Crippen LogP contribution in [0.3, 0.4) is 0 Å². The van der Waals surface area contributed by atoms with Gasteiger partial charge in [0.15, 0.2) is 0 Å². The van der Waals surface area contributed by atoms with E-state index in [1.54, 1.807) is 13.2 Å². The van der Waals surface area contributed by atoms with Crippen molar-refractivity contribution in [3.05, 3.63) is 53.4 Å². The van der Waals surface area contributed by atoms with Crippen LogP contribution in [-0.2, 0) is 15.6 Å². The fourth-order valence-electron chi connectivity index (χ4n) is 2.79. The first-order valence-corrected chi connectivity index (χ1v) is 11.8. The van der Waals surface area contributed by atoms with Crippen molar-refractivity contribution in [3.63, 3.8) is 0 Å². The minimum absolute atomic E-state index is 0.250. The van der Waals surface area contributed by atoms with Crippen LogP contribution in [0.4, 0.5) is 0 Å². The van der Waals surface area contributed by atoms with E-state index in [9.17, 15) is 4.21 Å². The molecule has 1 heterocycles. The maximum atomic E-state index is 11.9. The number of likely N-dealkylation sites (tertiary alicyclic amines) is 1. The fourth-order valence-corrected chi connectivity index (χ4v) is 3.37. The number of hydrogen-bond acceptors (Lipinski definition) is 4. The number of carbonyl (C=O) groups is 1. The van der Waals surface area contributed by atoms with Gasteiger partial charge in [-0.3, -0.25) is 9.00 Å². The molecule has 6 heteroatoms. The highest BCUT2D eigenvalue weighted by atomic mass is 32.2. The molecule has 0 aromatic heterocycles. The summed E-state index contributed by atoms with van der Waals surface area (Å²) in [5.74, 6) is 4.31. The van der Waals surface area contributed by atoms with Gasteiger partial charge in [-0.05, 0) is 57.7 Å². The molecule has 1 atom stereocenters. The predicted molar refractivity (Wildman–Crippen MR) is 126 cm³/mol. The molecule has 1 aliphatic heterocycles. The van der Waals surface area contributed by atoms with Gasteiger partial charge in [0.1, 0.15) is 11.5 Å². The van der Waals surface area contributed by atoms with Crippen LogP contribution >= 0.6 is 0 Å². The lowest BCUT2D eigenvalue weighted by Crippen LogP contribution is -2.31. The molecule has 30 heavy (non-hydrogen) atoms. The summed E-state index contributed by atoms with van der Waals surface area (Å²) in [5.41, 5.74) is 2.42. The first-order chi connectivity index (χ1) is 14.4. The Labute approximate surface area is 184 Å². The second-order valence-corrected chi connectivity index (χ2v) is 8.16. The highest BCUT2D eigenvalue weighted by Crippen LogP contribution is 2.24. The van der Waals surface area contributed by atoms with Crippen molar-refractivity contribution in [2.24, 2.45) is 0 Å². The Bertz CT molecular complexity index is 729. The molecule has 0 bridgehead atoms. The molecule has 1 fully saturated rings. The Morgan fingerprint density at radius 1 is 1.27 bits per heavy atom. The number of terminal acetylenes is 1. The van der Waals surface area contributed by atoms with Crippen molar-refractivity contribution in [2.75, 3.05) is 25.1 Å². The quantitative estimate of drug-likeness (QED) is 0.288. The molecule has 0 saturated carbocycles. The van der Waals surface area contributed by atoms with Gasteiger partial charge in [-0.25, -0.2) is 0 Å². The SMILES string of the molecule is C#CC.CC/C(C)=C\C(=C(/CS(C)=O)Oc1ccccc1)N1CCCCC1.O=CO. The number of piperidine rings is 1. The maximum absolute atomic E-state index is 11.9. The number of carboxylic acid groups (broad SMARTS) is 1. The van der Waals surface area contributed by atoms with Gasteiger partial charge in [-0.2, -0.15) is 0 Å². The zero-order valence-corrected chi connectivity index (χ0v) is 19.4. The Balaban J connectivity index is 0.00000125. The molecule has 0 radical (unpaired) electrons. The topological polar surface area (TPSA) is 66.8 Å². The number of ether oxygens (including phenoxy) is 1. The molecule has 2 rings (SSSR count). The highest BCUT2D eigenvalue weighted by molar-refractivity contribution is 7.84. The third kappa shape index (κ3) is 12.1. The van der Waals surface area contributed by atoms with Crippen molar-refractivity contribution < 1.29 is 18.8 Å². The van der Waals surface area contributed by atoms with Crippen LogP contribution in [0.1, 0.15) is 46.5 Å². The zero-order valence-electron chi connectivity index (χ0n) is 18.6. The van der Waals surface area contributed by atoms with E-state index in [4.69, 9.17) is 14.6 Å². The normalized spacial score (nSPS) is 15.2. The van der Waals surface area contributed by atoms with E-state index < -0.39 is 10.8 Å². The number of hydrogen-bond donors (Lipinski definition) is 1. The molecule has 1 aliphatic rings. The summed E-state index contributed by atoms with van der Waals surface area (Å²) < 4.78 is 18.1. The van der Waals surface area contributed by atoms with E-state index >= 15 is 0 Å². The Hall–Kier alpha value is -2.52. The van der Waals surface area contributed by atoms with Gasteiger partial charge in [0.05, 0.1) is 11.4 Å². The zero-order chi connectivity index (χ0) is 22.8. The summed E-state index contributed by atoms with van der Waals surface area (Å²) in [6, 6.07) is 9.79. The third-order valence-corrected chi connectivity index (χ3v) is 4.91. The smallest absolute Gasteiger partial charge is 0.290 e. The molecular weight excluding hydrogens is 398 g/mol. The van der Waals surface area contributed by atoms with Crippen molar-refractivity contribution >= 4 is 17.3 Å². The van der Waals surface area contributed by atoms with Crippen molar-refractivity contribution in [2.45, 2.75) is 46.5 Å². The second-order valence-electron chi connectivity index (χ2n) is 6.73. The molecular formula is C24H35NO4S. The van der Waals surface area contributed by atoms with Gasteiger partial charge in [-0.1, -0.05) is 30.7 Å². The molecule has 0 aliphatic carbocycles. The van der Waals surface area contributed by atoms with Crippen LogP contribution in [0, 0.1) is 12.3 Å². The van der Waals surface area contributed by atoms with E-state index in [1.807, 2.05) is 30.3 Å². The molecule has 5 nitrogen and oxygen atoms in total. The number of allylic oxidation sites excluding steroid dienone is 2. The standard InChI is InChI=1S/C20H29NO2S.C3H4.CH2O2/c1-4-17(2)15-19(21-13-9-6-10-14-21)20(16-24(3)22)23-18-11-7-5-8-12-18;1-3-2;2-1-3/h5,7-8,11-12,15H,4,6,9-10,13-14,16H2,1-3H3;1H,2H3;1H,(H,2,3)/b17-15-,20-19-;;. The molecule has 1 N–H and O–H groups in total. The number of benzene rings is 1. The van der Waals surface area contributed by atoms with E-state index in [2.05, 4.69) is 37.2 Å². The average Bonchev–Trinajstić information content (AvgIpc) is 2.73. The largest absolute Gasteiger partial charge is 0.483 e. The summed E-state index contributed by atoms with van der Waals surface area (Å²) in [5, 5.41) is 6.89. The Kier molecular flexibility index (Phi) is 15.9. The summed E-state index contributed by atoms with van der Waals surface area (Å²) in [6.45, 7) is 7.80. The molecule has 1 unspecified atom stereocenters. The van der Waals surface area contributed by atoms with Gasteiger partial charge in [-0.15, -0.1) is 12.3 Å². The molecule has 1 saturated heterocycles. The van der Waals surface area contributed by atoms with E-state index in [1.165, 1.54) is 24.8 Å². The van der Waals surface area contributed by atoms with Crippen molar-refractivity contribution in [1.82, 2.24) is 4.90 Å². The van der Waals surface area contributed by atoms with Crippen LogP contribution in [-0.4, -0.2) is 45.8 Å². The first-order valence-electron chi connectivity index (χ1n) is 10.1. The van der Waals surface area contributed by atoms with Crippen molar-refractivity contribution in [1.29, 1.82) is 0 Å². The minimum atomic E-state index is -0.950. The number of rotatable bonds is 7. The third-order valence-electron chi connectivity index (χ3n) is 4.24. The lowest BCUT2D eigenvalue weighted by molar-refractivity contribution is -0.122. The second kappa shape index (κ2) is 17.3. The number of nitrogens with zero attached hydrogens (tertiary/aromatic N) is 1. The van der Waals surface area contributed by atoms with Gasteiger partial charge in [0, 0.05) is 30.1 Å². The van der Waals surface area contributed by atoms with E-state index in [0.29, 0.717) is 5.75 Å². The van der Waals surface area contributed by atoms with E-state index in [-0.39, 0.29) is 6.47 Å². The monoisotopic (exact) mass is 433 g/mol.